The fourth-order valence-corrected chi connectivity index (χ4v) is 2.80. The summed E-state index contributed by atoms with van der Waals surface area (Å²) < 4.78 is 0. The van der Waals surface area contributed by atoms with Crippen LogP contribution in [0.25, 0.3) is 0 Å². The van der Waals surface area contributed by atoms with Gasteiger partial charge in [0.05, 0.1) is 0 Å². The first kappa shape index (κ1) is 14.7. The minimum atomic E-state index is 0.615. The Morgan fingerprint density at radius 3 is 2.76 bits per heavy atom. The van der Waals surface area contributed by atoms with Crippen molar-refractivity contribution >= 4 is 11.3 Å². The Morgan fingerprint density at radius 1 is 1.47 bits per heavy atom. The number of hydrogen-bond acceptors (Lipinski definition) is 3. The first-order valence-electron chi connectivity index (χ1n) is 6.60. The highest BCUT2D eigenvalue weighted by atomic mass is 32.1. The van der Waals surface area contributed by atoms with Crippen molar-refractivity contribution in [3.05, 3.63) is 22.4 Å². The summed E-state index contributed by atoms with van der Waals surface area (Å²) in [4.78, 5) is 3.94. The first-order valence-corrected chi connectivity index (χ1v) is 7.48. The van der Waals surface area contributed by atoms with Crippen molar-refractivity contribution in [2.75, 3.05) is 20.1 Å². The second-order valence-electron chi connectivity index (χ2n) is 4.91. The number of nitrogens with zero attached hydrogens (tertiary/aromatic N) is 1. The Hall–Kier alpha value is -0.380. The van der Waals surface area contributed by atoms with Crippen molar-refractivity contribution in [1.82, 2.24) is 4.90 Å². The van der Waals surface area contributed by atoms with Gasteiger partial charge in [0, 0.05) is 10.9 Å². The number of likely N-dealkylation sites (N-methyl/N-ethyl adjacent to an activating group) is 1. The molecule has 1 aromatic heterocycles. The monoisotopic (exact) mass is 254 g/mol. The molecule has 2 nitrogen and oxygen atoms in total. The lowest BCUT2D eigenvalue weighted by Crippen LogP contribution is -2.33. The van der Waals surface area contributed by atoms with Crippen LogP contribution in [-0.2, 0) is 6.42 Å². The molecule has 0 aromatic carbocycles. The minimum absolute atomic E-state index is 0.615. The Labute approximate surface area is 110 Å². The van der Waals surface area contributed by atoms with Crippen molar-refractivity contribution in [2.24, 2.45) is 11.7 Å². The Morgan fingerprint density at radius 2 is 2.24 bits per heavy atom. The van der Waals surface area contributed by atoms with Gasteiger partial charge in [-0.15, -0.1) is 11.3 Å². The molecule has 17 heavy (non-hydrogen) atoms. The molecule has 0 radical (unpaired) electrons. The molecule has 0 spiro atoms. The fourth-order valence-electron chi connectivity index (χ4n) is 1.97. The van der Waals surface area contributed by atoms with E-state index in [4.69, 9.17) is 5.73 Å². The van der Waals surface area contributed by atoms with E-state index in [9.17, 15) is 0 Å². The Kier molecular flexibility index (Phi) is 6.78. The van der Waals surface area contributed by atoms with E-state index in [2.05, 4.69) is 43.3 Å². The highest BCUT2D eigenvalue weighted by Gasteiger charge is 2.12. The number of thiophene rings is 1. The van der Waals surface area contributed by atoms with Gasteiger partial charge in [-0.1, -0.05) is 19.4 Å². The van der Waals surface area contributed by atoms with Gasteiger partial charge in [0.15, 0.2) is 0 Å². The molecular formula is C14H26N2S. The van der Waals surface area contributed by atoms with E-state index in [-0.39, 0.29) is 0 Å². The van der Waals surface area contributed by atoms with E-state index in [1.165, 1.54) is 17.7 Å². The highest BCUT2D eigenvalue weighted by Crippen LogP contribution is 2.14. The Balaban J connectivity index is 2.29. The van der Waals surface area contributed by atoms with Crippen LogP contribution in [0.5, 0.6) is 0 Å². The van der Waals surface area contributed by atoms with Crippen LogP contribution in [0.4, 0.5) is 0 Å². The van der Waals surface area contributed by atoms with E-state index in [0.717, 1.165) is 19.5 Å². The van der Waals surface area contributed by atoms with Gasteiger partial charge in [0.1, 0.15) is 0 Å². The van der Waals surface area contributed by atoms with E-state index >= 15 is 0 Å². The van der Waals surface area contributed by atoms with Crippen molar-refractivity contribution < 1.29 is 0 Å². The summed E-state index contributed by atoms with van der Waals surface area (Å²) in [6.07, 6.45) is 3.58. The average molecular weight is 254 g/mol. The quantitative estimate of drug-likeness (QED) is 0.773. The predicted octanol–water partition coefficient (Wildman–Crippen LogP) is 2.99. The van der Waals surface area contributed by atoms with Crippen LogP contribution in [0.3, 0.4) is 0 Å². The summed E-state index contributed by atoms with van der Waals surface area (Å²) in [5.41, 5.74) is 5.74. The van der Waals surface area contributed by atoms with Crippen LogP contribution in [-0.4, -0.2) is 31.1 Å². The molecule has 1 heterocycles. The lowest BCUT2D eigenvalue weighted by atomic mass is 10.0. The molecule has 3 heteroatoms. The van der Waals surface area contributed by atoms with E-state index in [1.807, 2.05) is 11.3 Å². The zero-order valence-electron chi connectivity index (χ0n) is 11.4. The molecule has 0 aliphatic heterocycles. The van der Waals surface area contributed by atoms with Gasteiger partial charge in [-0.05, 0) is 57.3 Å². The third-order valence-electron chi connectivity index (χ3n) is 3.63. The number of hydrogen-bond donors (Lipinski definition) is 1. The van der Waals surface area contributed by atoms with Gasteiger partial charge >= 0.3 is 0 Å². The van der Waals surface area contributed by atoms with Crippen LogP contribution in [0.2, 0.25) is 0 Å². The number of nitrogens with two attached hydrogens (primary N) is 1. The molecule has 1 rings (SSSR count). The van der Waals surface area contributed by atoms with Crippen LogP contribution in [0.1, 0.15) is 31.6 Å². The Bertz CT molecular complexity index is 280. The van der Waals surface area contributed by atoms with E-state index in [0.29, 0.717) is 12.0 Å². The second-order valence-corrected chi connectivity index (χ2v) is 5.94. The number of rotatable bonds is 8. The predicted molar refractivity (Wildman–Crippen MR) is 77.6 cm³/mol. The molecule has 1 aromatic rings. The zero-order valence-corrected chi connectivity index (χ0v) is 12.2. The molecule has 0 fully saturated rings. The van der Waals surface area contributed by atoms with Gasteiger partial charge in [0.2, 0.25) is 0 Å². The third-order valence-corrected chi connectivity index (χ3v) is 4.53. The second kappa shape index (κ2) is 7.85. The normalized spacial score (nSPS) is 15.1. The maximum Gasteiger partial charge on any atom is 0.0112 e. The van der Waals surface area contributed by atoms with Crippen molar-refractivity contribution in [3.8, 4) is 0 Å². The van der Waals surface area contributed by atoms with Gasteiger partial charge in [-0.2, -0.15) is 0 Å². The lowest BCUT2D eigenvalue weighted by Gasteiger charge is -2.26. The molecule has 2 N–H and O–H groups in total. The molecule has 0 bridgehead atoms. The van der Waals surface area contributed by atoms with E-state index in [1.54, 1.807) is 0 Å². The first-order chi connectivity index (χ1) is 8.17. The molecule has 2 unspecified atom stereocenters. The summed E-state index contributed by atoms with van der Waals surface area (Å²) in [5.74, 6) is 0.686. The maximum absolute atomic E-state index is 5.74. The fraction of sp³-hybridized carbons (Fsp3) is 0.714. The lowest BCUT2D eigenvalue weighted by molar-refractivity contribution is 0.236. The van der Waals surface area contributed by atoms with Crippen molar-refractivity contribution in [3.63, 3.8) is 0 Å². The molecule has 0 amide bonds. The molecule has 2 atom stereocenters. The SMILES string of the molecule is CCC(CN)CCN(C)C(C)Cc1cccs1. The summed E-state index contributed by atoms with van der Waals surface area (Å²) >= 11 is 1.86. The summed E-state index contributed by atoms with van der Waals surface area (Å²) in [6.45, 7) is 6.52. The molecule has 0 aliphatic carbocycles. The van der Waals surface area contributed by atoms with Crippen molar-refractivity contribution in [1.29, 1.82) is 0 Å². The molecule has 0 saturated carbocycles. The van der Waals surface area contributed by atoms with Gasteiger partial charge in [-0.3, -0.25) is 0 Å². The molecule has 0 aliphatic rings. The highest BCUT2D eigenvalue weighted by molar-refractivity contribution is 7.09. The van der Waals surface area contributed by atoms with Crippen LogP contribution >= 0.6 is 11.3 Å². The van der Waals surface area contributed by atoms with Crippen molar-refractivity contribution in [2.45, 2.75) is 39.2 Å². The van der Waals surface area contributed by atoms with Crippen LogP contribution < -0.4 is 5.73 Å². The maximum atomic E-state index is 5.74. The summed E-state index contributed by atoms with van der Waals surface area (Å²) in [6, 6.07) is 4.97. The summed E-state index contributed by atoms with van der Waals surface area (Å²) in [5, 5.41) is 2.16. The third kappa shape index (κ3) is 5.19. The minimum Gasteiger partial charge on any atom is -0.330 e. The smallest absolute Gasteiger partial charge is 0.0112 e. The topological polar surface area (TPSA) is 29.3 Å². The van der Waals surface area contributed by atoms with E-state index < -0.39 is 0 Å². The largest absolute Gasteiger partial charge is 0.330 e. The molecule has 0 saturated heterocycles. The van der Waals surface area contributed by atoms with Gasteiger partial charge in [-0.25, -0.2) is 0 Å². The zero-order chi connectivity index (χ0) is 12.7. The summed E-state index contributed by atoms with van der Waals surface area (Å²) in [7, 11) is 2.22. The average Bonchev–Trinajstić information content (AvgIpc) is 2.82. The van der Waals surface area contributed by atoms with Gasteiger partial charge in [0.25, 0.3) is 0 Å². The van der Waals surface area contributed by atoms with Crippen LogP contribution in [0.15, 0.2) is 17.5 Å². The molecular weight excluding hydrogens is 228 g/mol. The standard InChI is InChI=1S/C14H26N2S/c1-4-13(11-15)7-8-16(3)12(2)10-14-6-5-9-17-14/h5-6,9,12-13H,4,7-8,10-11,15H2,1-3H3. The van der Waals surface area contributed by atoms with Crippen LogP contribution in [0, 0.1) is 5.92 Å². The molecule has 98 valence electrons. The van der Waals surface area contributed by atoms with Gasteiger partial charge < -0.3 is 10.6 Å².